The van der Waals surface area contributed by atoms with Crippen LogP contribution in [0.25, 0.3) is 11.4 Å². The Morgan fingerprint density at radius 1 is 1.29 bits per heavy atom. The maximum atomic E-state index is 12.9. The molecule has 0 unspecified atom stereocenters. The van der Waals surface area contributed by atoms with Crippen molar-refractivity contribution in [1.82, 2.24) is 15.0 Å². The molecule has 8 heteroatoms. The minimum Gasteiger partial charge on any atom is -0.370 e. The topological polar surface area (TPSA) is 80.5 Å². The molecule has 0 radical (unpaired) electrons. The molecule has 1 aliphatic heterocycles. The van der Waals surface area contributed by atoms with Gasteiger partial charge in [-0.1, -0.05) is 5.16 Å². The molecule has 0 atom stereocenters. The quantitative estimate of drug-likeness (QED) is 0.506. The fourth-order valence-corrected chi connectivity index (χ4v) is 3.29. The number of aromatic nitrogens is 2. The lowest BCUT2D eigenvalue weighted by Crippen LogP contribution is -2.42. The van der Waals surface area contributed by atoms with Crippen molar-refractivity contribution in [2.75, 3.05) is 31.1 Å². The fourth-order valence-electron chi connectivity index (χ4n) is 2.39. The minimum atomic E-state index is -0.287. The summed E-state index contributed by atoms with van der Waals surface area (Å²) in [5.74, 6) is 3.56. The first kappa shape index (κ1) is 16.8. The van der Waals surface area contributed by atoms with E-state index in [0.29, 0.717) is 30.6 Å². The minimum absolute atomic E-state index is 0.287. The lowest BCUT2D eigenvalue weighted by Gasteiger charge is -2.27. The van der Waals surface area contributed by atoms with Crippen LogP contribution in [0.4, 0.5) is 4.39 Å². The Balaban J connectivity index is 1.48. The number of aryl methyl sites for hydroxylation is 1. The predicted octanol–water partition coefficient (Wildman–Crippen LogP) is 2.17. The summed E-state index contributed by atoms with van der Waals surface area (Å²) in [4.78, 5) is 10.9. The predicted molar refractivity (Wildman–Crippen MR) is 93.4 cm³/mol. The molecule has 1 aromatic heterocycles. The van der Waals surface area contributed by atoms with Crippen LogP contribution in [-0.4, -0.2) is 52.1 Å². The Kier molecular flexibility index (Phi) is 5.68. The third-order valence-electron chi connectivity index (χ3n) is 3.73. The van der Waals surface area contributed by atoms with Gasteiger partial charge in [0.05, 0.1) is 0 Å². The van der Waals surface area contributed by atoms with Gasteiger partial charge in [0.15, 0.2) is 5.96 Å². The van der Waals surface area contributed by atoms with E-state index in [4.69, 9.17) is 10.3 Å². The van der Waals surface area contributed by atoms with E-state index < -0.39 is 0 Å². The number of hydrogen-bond donors (Lipinski definition) is 1. The lowest BCUT2D eigenvalue weighted by atomic mass is 10.2. The number of thioether (sulfide) groups is 1. The molecule has 6 nitrogen and oxygen atoms in total. The first-order valence-electron chi connectivity index (χ1n) is 7.93. The molecule has 2 heterocycles. The van der Waals surface area contributed by atoms with Gasteiger partial charge in [-0.15, -0.1) is 0 Å². The molecule has 0 aliphatic carbocycles. The van der Waals surface area contributed by atoms with Gasteiger partial charge >= 0.3 is 0 Å². The Labute approximate surface area is 144 Å². The van der Waals surface area contributed by atoms with E-state index in [9.17, 15) is 4.39 Å². The van der Waals surface area contributed by atoms with E-state index in [2.05, 4.69) is 20.0 Å². The molecule has 1 fully saturated rings. The number of nitrogens with two attached hydrogens (primary N) is 1. The maximum Gasteiger partial charge on any atom is 0.227 e. The van der Waals surface area contributed by atoms with Crippen LogP contribution in [0.3, 0.4) is 0 Å². The average Bonchev–Trinajstić information content (AvgIpc) is 3.09. The fraction of sp³-hybridized carbons (Fsp3) is 0.438. The highest BCUT2D eigenvalue weighted by atomic mass is 32.2. The Bertz CT molecular complexity index is 682. The molecule has 0 amide bonds. The number of halogens is 1. The monoisotopic (exact) mass is 349 g/mol. The van der Waals surface area contributed by atoms with Crippen LogP contribution in [-0.2, 0) is 6.42 Å². The number of hydrogen-bond acceptors (Lipinski definition) is 5. The number of aliphatic imine (C=N–C) groups is 1. The number of nitrogens with zero attached hydrogens (tertiary/aromatic N) is 4. The Hall–Kier alpha value is -2.09. The summed E-state index contributed by atoms with van der Waals surface area (Å²) in [6.45, 7) is 2.55. The molecular weight excluding hydrogens is 329 g/mol. The van der Waals surface area contributed by atoms with Crippen molar-refractivity contribution < 1.29 is 8.91 Å². The summed E-state index contributed by atoms with van der Waals surface area (Å²) in [7, 11) is 0. The highest BCUT2D eigenvalue weighted by Crippen LogP contribution is 2.16. The van der Waals surface area contributed by atoms with Crippen molar-refractivity contribution >= 4 is 17.7 Å². The SMILES string of the molecule is NC(=NCCCc1nc(-c2ccc(F)cc2)no1)N1CCSCC1. The average molecular weight is 349 g/mol. The van der Waals surface area contributed by atoms with Crippen molar-refractivity contribution in [2.45, 2.75) is 12.8 Å². The second kappa shape index (κ2) is 8.14. The van der Waals surface area contributed by atoms with Crippen molar-refractivity contribution in [3.8, 4) is 11.4 Å². The van der Waals surface area contributed by atoms with Crippen LogP contribution >= 0.6 is 11.8 Å². The van der Waals surface area contributed by atoms with Gasteiger partial charge in [0.2, 0.25) is 11.7 Å². The van der Waals surface area contributed by atoms with Crippen molar-refractivity contribution in [3.05, 3.63) is 36.0 Å². The Morgan fingerprint density at radius 2 is 2.04 bits per heavy atom. The number of guanidine groups is 1. The zero-order chi connectivity index (χ0) is 16.8. The lowest BCUT2D eigenvalue weighted by molar-refractivity contribution is 0.376. The van der Waals surface area contributed by atoms with Crippen LogP contribution in [0, 0.1) is 5.82 Å². The summed E-state index contributed by atoms with van der Waals surface area (Å²) in [6.07, 6.45) is 1.43. The van der Waals surface area contributed by atoms with Gasteiger partial charge in [-0.2, -0.15) is 16.7 Å². The zero-order valence-corrected chi connectivity index (χ0v) is 14.1. The van der Waals surface area contributed by atoms with Gasteiger partial charge in [0.1, 0.15) is 5.82 Å². The van der Waals surface area contributed by atoms with E-state index in [1.54, 1.807) is 12.1 Å². The van der Waals surface area contributed by atoms with Crippen LogP contribution < -0.4 is 5.73 Å². The zero-order valence-electron chi connectivity index (χ0n) is 13.3. The largest absolute Gasteiger partial charge is 0.370 e. The van der Waals surface area contributed by atoms with Crippen LogP contribution in [0.15, 0.2) is 33.8 Å². The van der Waals surface area contributed by atoms with E-state index >= 15 is 0 Å². The van der Waals surface area contributed by atoms with Gasteiger partial charge < -0.3 is 15.2 Å². The highest BCUT2D eigenvalue weighted by molar-refractivity contribution is 7.99. The van der Waals surface area contributed by atoms with E-state index in [0.717, 1.165) is 36.6 Å². The van der Waals surface area contributed by atoms with E-state index in [1.165, 1.54) is 12.1 Å². The second-order valence-corrected chi connectivity index (χ2v) is 6.69. The van der Waals surface area contributed by atoms with Crippen molar-refractivity contribution in [1.29, 1.82) is 0 Å². The van der Waals surface area contributed by atoms with Gasteiger partial charge in [-0.05, 0) is 30.7 Å². The summed E-state index contributed by atoms with van der Waals surface area (Å²) < 4.78 is 18.1. The van der Waals surface area contributed by atoms with Crippen LogP contribution in [0.2, 0.25) is 0 Å². The molecule has 0 spiro atoms. The summed E-state index contributed by atoms with van der Waals surface area (Å²) in [5, 5.41) is 3.92. The molecule has 3 rings (SSSR count). The molecule has 128 valence electrons. The Morgan fingerprint density at radius 3 is 2.79 bits per heavy atom. The molecule has 1 aromatic carbocycles. The molecule has 24 heavy (non-hydrogen) atoms. The van der Waals surface area contributed by atoms with Crippen LogP contribution in [0.1, 0.15) is 12.3 Å². The molecule has 1 aliphatic rings. The van der Waals surface area contributed by atoms with E-state index in [-0.39, 0.29) is 5.82 Å². The molecular formula is C16H20FN5OS. The first-order valence-corrected chi connectivity index (χ1v) is 9.09. The van der Waals surface area contributed by atoms with Gasteiger partial charge in [0, 0.05) is 43.1 Å². The molecule has 0 saturated carbocycles. The molecule has 0 bridgehead atoms. The number of benzene rings is 1. The summed E-state index contributed by atoms with van der Waals surface area (Å²) >= 11 is 1.94. The number of rotatable bonds is 5. The first-order chi connectivity index (χ1) is 11.7. The van der Waals surface area contributed by atoms with Crippen molar-refractivity contribution in [3.63, 3.8) is 0 Å². The standard InChI is InChI=1S/C16H20FN5OS/c17-13-5-3-12(4-6-13)15-20-14(23-21-15)2-1-7-19-16(18)22-8-10-24-11-9-22/h3-6H,1-2,7-11H2,(H2,18,19). The van der Waals surface area contributed by atoms with Crippen molar-refractivity contribution in [2.24, 2.45) is 10.7 Å². The maximum absolute atomic E-state index is 12.9. The van der Waals surface area contributed by atoms with Crippen LogP contribution in [0.5, 0.6) is 0 Å². The van der Waals surface area contributed by atoms with Gasteiger partial charge in [-0.25, -0.2) is 4.39 Å². The third kappa shape index (κ3) is 4.47. The summed E-state index contributed by atoms with van der Waals surface area (Å²) in [5.41, 5.74) is 6.74. The highest BCUT2D eigenvalue weighted by Gasteiger charge is 2.12. The molecule has 2 aromatic rings. The molecule has 2 N–H and O–H groups in total. The second-order valence-electron chi connectivity index (χ2n) is 5.46. The normalized spacial score (nSPS) is 15.7. The van der Waals surface area contributed by atoms with Gasteiger partial charge in [0.25, 0.3) is 0 Å². The summed E-state index contributed by atoms with van der Waals surface area (Å²) in [6, 6.07) is 6.02. The van der Waals surface area contributed by atoms with E-state index in [1.807, 2.05) is 11.8 Å². The van der Waals surface area contributed by atoms with Gasteiger partial charge in [-0.3, -0.25) is 4.99 Å². The smallest absolute Gasteiger partial charge is 0.227 e. The molecule has 1 saturated heterocycles. The third-order valence-corrected chi connectivity index (χ3v) is 4.67.